The van der Waals surface area contributed by atoms with E-state index in [2.05, 4.69) is 20.4 Å². The molecule has 1 aromatic rings. The monoisotopic (exact) mass is 330 g/mol. The molecule has 1 aromatic heterocycles. The zero-order valence-electron chi connectivity index (χ0n) is 15.3. The Morgan fingerprint density at radius 2 is 2.21 bits per heavy atom. The molecule has 1 heterocycles. The van der Waals surface area contributed by atoms with Crippen LogP contribution in [0.3, 0.4) is 0 Å². The predicted octanol–water partition coefficient (Wildman–Crippen LogP) is 5.16. The highest BCUT2D eigenvalue weighted by atomic mass is 16.5. The van der Waals surface area contributed by atoms with Gasteiger partial charge in [-0.1, -0.05) is 25.5 Å². The number of aryl methyl sites for hydroxylation is 1. The van der Waals surface area contributed by atoms with Crippen LogP contribution in [0.1, 0.15) is 57.9 Å². The van der Waals surface area contributed by atoms with Gasteiger partial charge in [-0.3, -0.25) is 4.79 Å². The third kappa shape index (κ3) is 2.72. The number of allylic oxidation sites excluding steroid dienone is 1. The lowest BCUT2D eigenvalue weighted by Crippen LogP contribution is -2.53. The molecule has 3 rings (SSSR count). The molecule has 0 radical (unpaired) electrons. The molecule has 0 aliphatic heterocycles. The highest BCUT2D eigenvalue weighted by molar-refractivity contribution is 5.77. The van der Waals surface area contributed by atoms with Crippen LogP contribution in [0, 0.1) is 22.7 Å². The van der Waals surface area contributed by atoms with E-state index >= 15 is 0 Å². The van der Waals surface area contributed by atoms with Gasteiger partial charge in [-0.2, -0.15) is 0 Å². The number of rotatable bonds is 4. The summed E-state index contributed by atoms with van der Waals surface area (Å²) in [4.78, 5) is 12.6. The number of ether oxygens (including phenoxy) is 1. The van der Waals surface area contributed by atoms with Crippen molar-refractivity contribution in [3.63, 3.8) is 0 Å². The molecule has 3 nitrogen and oxygen atoms in total. The molecule has 0 amide bonds. The topological polar surface area (TPSA) is 39.4 Å². The van der Waals surface area contributed by atoms with E-state index in [0.29, 0.717) is 11.8 Å². The Balaban J connectivity index is 1.86. The SMILES string of the molecule is C=C1CC[C@H]2[C@@](C)(CCC[C@]2(C)C(=O)OC)[C@@H]1CCc1ccoc1. The number of hydrogen-bond acceptors (Lipinski definition) is 3. The first-order chi connectivity index (χ1) is 11.4. The van der Waals surface area contributed by atoms with E-state index in [1.165, 1.54) is 24.7 Å². The lowest BCUT2D eigenvalue weighted by atomic mass is 9.46. The van der Waals surface area contributed by atoms with Gasteiger partial charge in [0.2, 0.25) is 0 Å². The molecule has 4 atom stereocenters. The van der Waals surface area contributed by atoms with Crippen LogP contribution < -0.4 is 0 Å². The van der Waals surface area contributed by atoms with E-state index in [4.69, 9.17) is 9.15 Å². The quantitative estimate of drug-likeness (QED) is 0.565. The molecule has 0 bridgehead atoms. The normalized spacial score (nSPS) is 36.2. The summed E-state index contributed by atoms with van der Waals surface area (Å²) in [5, 5.41) is 0. The summed E-state index contributed by atoms with van der Waals surface area (Å²) in [6, 6.07) is 2.05. The molecule has 132 valence electrons. The maximum absolute atomic E-state index is 12.6. The van der Waals surface area contributed by atoms with E-state index < -0.39 is 0 Å². The van der Waals surface area contributed by atoms with E-state index in [9.17, 15) is 4.79 Å². The standard InChI is InChI=1S/C21H30O3/c1-15-6-9-18-20(2,11-5-12-21(18,3)19(22)23-4)17(15)8-7-16-10-13-24-14-16/h10,13-14,17-18H,1,5-9,11-12H2,2-4H3/t17-,18+,20+,21+/m1/s1. The third-order valence-electron chi connectivity index (χ3n) is 6.97. The Labute approximate surface area is 145 Å². The van der Waals surface area contributed by atoms with Gasteiger partial charge in [-0.15, -0.1) is 0 Å². The van der Waals surface area contributed by atoms with Crippen LogP contribution in [0.2, 0.25) is 0 Å². The fraction of sp³-hybridized carbons (Fsp3) is 0.667. The summed E-state index contributed by atoms with van der Waals surface area (Å²) in [6.45, 7) is 8.92. The highest BCUT2D eigenvalue weighted by Gasteiger charge is 2.57. The van der Waals surface area contributed by atoms with Gasteiger partial charge in [0, 0.05) is 0 Å². The van der Waals surface area contributed by atoms with Crippen LogP contribution in [-0.2, 0) is 16.0 Å². The minimum Gasteiger partial charge on any atom is -0.472 e. The van der Waals surface area contributed by atoms with Crippen molar-refractivity contribution in [2.45, 2.75) is 58.8 Å². The molecular formula is C21H30O3. The molecule has 2 aliphatic carbocycles. The summed E-state index contributed by atoms with van der Waals surface area (Å²) < 4.78 is 10.4. The van der Waals surface area contributed by atoms with E-state index in [1.807, 2.05) is 12.3 Å². The smallest absolute Gasteiger partial charge is 0.311 e. The first kappa shape index (κ1) is 17.3. The Morgan fingerprint density at radius 1 is 1.42 bits per heavy atom. The number of esters is 1. The van der Waals surface area contributed by atoms with Gasteiger partial charge in [0.25, 0.3) is 0 Å². The number of furan rings is 1. The first-order valence-corrected chi connectivity index (χ1v) is 9.19. The Hall–Kier alpha value is -1.51. The molecule has 0 spiro atoms. The predicted molar refractivity (Wildman–Crippen MR) is 94.5 cm³/mol. The fourth-order valence-corrected chi connectivity index (χ4v) is 5.71. The summed E-state index contributed by atoms with van der Waals surface area (Å²) in [5.74, 6) is 0.820. The maximum Gasteiger partial charge on any atom is 0.311 e. The summed E-state index contributed by atoms with van der Waals surface area (Å²) in [7, 11) is 1.53. The molecule has 0 N–H and O–H groups in total. The van der Waals surface area contributed by atoms with Crippen molar-refractivity contribution < 1.29 is 13.9 Å². The van der Waals surface area contributed by atoms with Crippen LogP contribution in [0.15, 0.2) is 35.2 Å². The summed E-state index contributed by atoms with van der Waals surface area (Å²) in [5.41, 5.74) is 2.41. The van der Waals surface area contributed by atoms with Gasteiger partial charge >= 0.3 is 5.97 Å². The lowest BCUT2D eigenvalue weighted by molar-refractivity contribution is -0.168. The van der Waals surface area contributed by atoms with Gasteiger partial charge in [-0.25, -0.2) is 0 Å². The largest absolute Gasteiger partial charge is 0.472 e. The van der Waals surface area contributed by atoms with Gasteiger partial charge in [0.15, 0.2) is 0 Å². The lowest BCUT2D eigenvalue weighted by Gasteiger charge is -2.57. The van der Waals surface area contributed by atoms with Crippen LogP contribution in [0.5, 0.6) is 0 Å². The molecule has 0 aromatic carbocycles. The average Bonchev–Trinajstić information content (AvgIpc) is 3.06. The Bertz CT molecular complexity index is 603. The van der Waals surface area contributed by atoms with Crippen molar-refractivity contribution in [1.29, 1.82) is 0 Å². The van der Waals surface area contributed by atoms with Crippen molar-refractivity contribution in [3.8, 4) is 0 Å². The molecular weight excluding hydrogens is 300 g/mol. The zero-order chi connectivity index (χ0) is 17.4. The van der Waals surface area contributed by atoms with Crippen molar-refractivity contribution in [2.75, 3.05) is 7.11 Å². The van der Waals surface area contributed by atoms with Crippen LogP contribution in [0.25, 0.3) is 0 Å². The maximum atomic E-state index is 12.6. The first-order valence-electron chi connectivity index (χ1n) is 9.19. The van der Waals surface area contributed by atoms with E-state index in [0.717, 1.165) is 38.5 Å². The van der Waals surface area contributed by atoms with Crippen LogP contribution >= 0.6 is 0 Å². The van der Waals surface area contributed by atoms with Gasteiger partial charge in [0.05, 0.1) is 25.1 Å². The molecule has 3 heteroatoms. The van der Waals surface area contributed by atoms with Crippen molar-refractivity contribution >= 4 is 5.97 Å². The van der Waals surface area contributed by atoms with Crippen molar-refractivity contribution in [2.24, 2.45) is 22.7 Å². The van der Waals surface area contributed by atoms with E-state index in [-0.39, 0.29) is 16.8 Å². The third-order valence-corrected chi connectivity index (χ3v) is 6.97. The number of hydrogen-bond donors (Lipinski definition) is 0. The summed E-state index contributed by atoms with van der Waals surface area (Å²) >= 11 is 0. The second-order valence-electron chi connectivity index (χ2n) is 8.24. The van der Waals surface area contributed by atoms with Gasteiger partial charge in [-0.05, 0) is 74.3 Å². The van der Waals surface area contributed by atoms with Crippen molar-refractivity contribution in [3.05, 3.63) is 36.3 Å². The number of methoxy groups -OCH3 is 1. The number of carbonyl (C=O) groups is 1. The second-order valence-corrected chi connectivity index (χ2v) is 8.24. The molecule has 24 heavy (non-hydrogen) atoms. The minimum absolute atomic E-state index is 0.0282. The van der Waals surface area contributed by atoms with Gasteiger partial charge < -0.3 is 9.15 Å². The van der Waals surface area contributed by atoms with E-state index in [1.54, 1.807) is 6.26 Å². The van der Waals surface area contributed by atoms with Crippen LogP contribution in [0.4, 0.5) is 0 Å². The molecule has 0 saturated heterocycles. The molecule has 2 aliphatic rings. The fourth-order valence-electron chi connectivity index (χ4n) is 5.71. The zero-order valence-corrected chi connectivity index (χ0v) is 15.3. The molecule has 2 fully saturated rings. The van der Waals surface area contributed by atoms with Crippen molar-refractivity contribution in [1.82, 2.24) is 0 Å². The number of carbonyl (C=O) groups excluding carboxylic acids is 1. The Morgan fingerprint density at radius 3 is 2.88 bits per heavy atom. The Kier molecular flexibility index (Phi) is 4.63. The minimum atomic E-state index is -0.351. The summed E-state index contributed by atoms with van der Waals surface area (Å²) in [6.07, 6.45) is 11.0. The van der Waals surface area contributed by atoms with Crippen LogP contribution in [-0.4, -0.2) is 13.1 Å². The molecule has 0 unspecified atom stereocenters. The molecule has 2 saturated carbocycles. The van der Waals surface area contributed by atoms with Gasteiger partial charge in [0.1, 0.15) is 0 Å². The number of fused-ring (bicyclic) bond motifs is 1. The second kappa shape index (κ2) is 6.42. The average molecular weight is 330 g/mol. The highest BCUT2D eigenvalue weighted by Crippen LogP contribution is 2.62.